The van der Waals surface area contributed by atoms with E-state index >= 15 is 0 Å². The van der Waals surface area contributed by atoms with E-state index in [-0.39, 0.29) is 6.42 Å². The summed E-state index contributed by atoms with van der Waals surface area (Å²) < 4.78 is 5.12. The second-order valence-corrected chi connectivity index (χ2v) is 4.16. The van der Waals surface area contributed by atoms with Crippen molar-refractivity contribution < 1.29 is 19.6 Å². The molecule has 1 atom stereocenters. The lowest BCUT2D eigenvalue weighted by Crippen LogP contribution is -2.41. The summed E-state index contributed by atoms with van der Waals surface area (Å²) in [5.41, 5.74) is 8.01. The Labute approximate surface area is 113 Å². The molecule has 1 aliphatic heterocycles. The molecular formula is C13H20BNO4. The summed E-state index contributed by atoms with van der Waals surface area (Å²) >= 11 is 0. The summed E-state index contributed by atoms with van der Waals surface area (Å²) in [5.74, 6) is -1.03. The van der Waals surface area contributed by atoms with E-state index in [0.717, 1.165) is 17.5 Å². The molecule has 0 radical (unpaired) electrons. The number of benzene rings is 1. The van der Waals surface area contributed by atoms with Crippen molar-refractivity contribution in [3.8, 4) is 0 Å². The fraction of sp³-hybridized carbons (Fsp3) is 0.462. The molecule has 0 fully saturated rings. The predicted molar refractivity (Wildman–Crippen MR) is 74.4 cm³/mol. The first-order chi connectivity index (χ1) is 9.08. The van der Waals surface area contributed by atoms with Crippen molar-refractivity contribution in [1.82, 2.24) is 0 Å². The maximum Gasteiger partial charge on any atom is 0.491 e. The summed E-state index contributed by atoms with van der Waals surface area (Å²) in [7, 11) is -0.917. The summed E-state index contributed by atoms with van der Waals surface area (Å²) in [6.07, 6.45) is 1.01. The summed E-state index contributed by atoms with van der Waals surface area (Å²) in [6, 6.07) is 4.58. The summed E-state index contributed by atoms with van der Waals surface area (Å²) in [6.45, 7) is 4.50. The lowest BCUT2D eigenvalue weighted by molar-refractivity contribution is -0.138. The van der Waals surface area contributed by atoms with Crippen molar-refractivity contribution in [3.63, 3.8) is 0 Å². The molecule has 0 aromatic heterocycles. The molecule has 6 heteroatoms. The Morgan fingerprint density at radius 3 is 2.84 bits per heavy atom. The quantitative estimate of drug-likeness (QED) is 0.665. The number of rotatable bonds is 3. The van der Waals surface area contributed by atoms with Gasteiger partial charge >= 0.3 is 13.1 Å². The Morgan fingerprint density at radius 2 is 2.21 bits per heavy atom. The van der Waals surface area contributed by atoms with Gasteiger partial charge in [-0.2, -0.15) is 0 Å². The minimum Gasteiger partial charge on any atom is -0.480 e. The Kier molecular flexibility index (Phi) is 6.01. The number of fused-ring (bicyclic) bond motifs is 1. The third kappa shape index (κ3) is 4.06. The van der Waals surface area contributed by atoms with Gasteiger partial charge in [-0.05, 0) is 29.4 Å². The molecular weight excluding hydrogens is 245 g/mol. The molecule has 0 bridgehead atoms. The first kappa shape index (κ1) is 15.7. The van der Waals surface area contributed by atoms with Crippen molar-refractivity contribution in [3.05, 3.63) is 29.3 Å². The van der Waals surface area contributed by atoms with Crippen LogP contribution >= 0.6 is 0 Å². The molecule has 0 saturated heterocycles. The van der Waals surface area contributed by atoms with E-state index in [2.05, 4.69) is 0 Å². The van der Waals surface area contributed by atoms with Gasteiger partial charge in [0.2, 0.25) is 0 Å². The summed E-state index contributed by atoms with van der Waals surface area (Å²) in [5, 5.41) is 18.4. The fourth-order valence-corrected chi connectivity index (χ4v) is 1.94. The Morgan fingerprint density at radius 1 is 1.53 bits per heavy atom. The van der Waals surface area contributed by atoms with Gasteiger partial charge in [-0.25, -0.2) is 0 Å². The van der Waals surface area contributed by atoms with Crippen molar-refractivity contribution in [1.29, 1.82) is 0 Å². The van der Waals surface area contributed by atoms with E-state index in [1.165, 1.54) is 0 Å². The van der Waals surface area contributed by atoms with E-state index in [1.807, 2.05) is 26.0 Å². The molecule has 1 unspecified atom stereocenters. The predicted octanol–water partition coefficient (Wildman–Crippen LogP) is -0.0726. The molecule has 1 heterocycles. The average molecular weight is 265 g/mol. The number of hydrogen-bond donors (Lipinski definition) is 3. The zero-order valence-electron chi connectivity index (χ0n) is 11.3. The Hall–Kier alpha value is -1.37. The molecule has 1 aromatic carbocycles. The molecule has 1 aromatic rings. The lowest BCUT2D eigenvalue weighted by Gasteiger charge is -2.20. The highest BCUT2D eigenvalue weighted by Gasteiger charge is 2.25. The van der Waals surface area contributed by atoms with Crippen LogP contribution in [0.2, 0.25) is 0 Å². The number of nitrogens with two attached hydrogens (primary N) is 1. The smallest absolute Gasteiger partial charge is 0.480 e. The molecule has 104 valence electrons. The molecule has 0 saturated carbocycles. The molecule has 4 N–H and O–H groups in total. The SMILES string of the molecule is CC.NC(Cc1ccc2c(c1)B(O)OCC2)C(=O)O. The van der Waals surface area contributed by atoms with Gasteiger partial charge < -0.3 is 20.5 Å². The first-order valence-corrected chi connectivity index (χ1v) is 6.47. The van der Waals surface area contributed by atoms with Crippen LogP contribution in [0, 0.1) is 0 Å². The maximum absolute atomic E-state index is 10.7. The second kappa shape index (κ2) is 7.28. The third-order valence-electron chi connectivity index (χ3n) is 2.90. The van der Waals surface area contributed by atoms with Gasteiger partial charge in [-0.15, -0.1) is 0 Å². The Balaban J connectivity index is 0.000000861. The fourth-order valence-electron chi connectivity index (χ4n) is 1.94. The van der Waals surface area contributed by atoms with E-state index in [9.17, 15) is 9.82 Å². The van der Waals surface area contributed by atoms with E-state index < -0.39 is 19.1 Å². The van der Waals surface area contributed by atoms with Gasteiger partial charge in [0, 0.05) is 6.61 Å². The number of carboxylic acid groups (broad SMARTS) is 1. The van der Waals surface area contributed by atoms with Gasteiger partial charge in [0.15, 0.2) is 0 Å². The number of hydrogen-bond acceptors (Lipinski definition) is 4. The molecule has 5 nitrogen and oxygen atoms in total. The normalized spacial score (nSPS) is 15.1. The van der Waals surface area contributed by atoms with Gasteiger partial charge in [-0.1, -0.05) is 32.0 Å². The number of aliphatic carboxylic acids is 1. The minimum absolute atomic E-state index is 0.245. The van der Waals surface area contributed by atoms with Crippen molar-refractivity contribution in [2.24, 2.45) is 5.73 Å². The third-order valence-corrected chi connectivity index (χ3v) is 2.90. The van der Waals surface area contributed by atoms with Crippen LogP contribution < -0.4 is 11.2 Å². The standard InChI is InChI=1S/C11H14BNO4.C2H6/c13-10(11(14)15)6-7-1-2-8-3-4-17-12(16)9(8)5-7;1-2/h1-2,5,10,16H,3-4,6,13H2,(H,14,15);1-2H3. The van der Waals surface area contributed by atoms with Crippen LogP contribution in [-0.4, -0.2) is 35.9 Å². The van der Waals surface area contributed by atoms with Gasteiger partial charge in [-0.3, -0.25) is 4.79 Å². The monoisotopic (exact) mass is 265 g/mol. The summed E-state index contributed by atoms with van der Waals surface area (Å²) in [4.78, 5) is 10.7. The van der Waals surface area contributed by atoms with Crippen LogP contribution in [0.15, 0.2) is 18.2 Å². The molecule has 0 amide bonds. The zero-order chi connectivity index (χ0) is 14.4. The van der Waals surface area contributed by atoms with Crippen LogP contribution in [0.1, 0.15) is 25.0 Å². The topological polar surface area (TPSA) is 92.8 Å². The second-order valence-electron chi connectivity index (χ2n) is 4.16. The average Bonchev–Trinajstić information content (AvgIpc) is 2.42. The van der Waals surface area contributed by atoms with Crippen molar-refractivity contribution in [2.75, 3.05) is 6.61 Å². The van der Waals surface area contributed by atoms with Crippen LogP contribution in [0.3, 0.4) is 0 Å². The maximum atomic E-state index is 10.7. The highest BCUT2D eigenvalue weighted by Crippen LogP contribution is 2.10. The minimum atomic E-state index is -1.03. The molecule has 1 aliphatic rings. The van der Waals surface area contributed by atoms with E-state index in [0.29, 0.717) is 12.1 Å². The number of carboxylic acids is 1. The number of carbonyl (C=O) groups is 1. The van der Waals surface area contributed by atoms with Crippen molar-refractivity contribution >= 4 is 18.6 Å². The van der Waals surface area contributed by atoms with Gasteiger partial charge in [0.1, 0.15) is 6.04 Å². The largest absolute Gasteiger partial charge is 0.491 e. The van der Waals surface area contributed by atoms with Crippen LogP contribution in [0.5, 0.6) is 0 Å². The zero-order valence-corrected chi connectivity index (χ0v) is 11.3. The Bertz CT molecular complexity index is 439. The highest BCUT2D eigenvalue weighted by atomic mass is 16.5. The van der Waals surface area contributed by atoms with Crippen LogP contribution in [0.4, 0.5) is 0 Å². The van der Waals surface area contributed by atoms with Gasteiger partial charge in [0.25, 0.3) is 0 Å². The molecule has 19 heavy (non-hydrogen) atoms. The van der Waals surface area contributed by atoms with Crippen LogP contribution in [-0.2, 0) is 22.3 Å². The van der Waals surface area contributed by atoms with E-state index in [4.69, 9.17) is 15.5 Å². The van der Waals surface area contributed by atoms with Gasteiger partial charge in [0.05, 0.1) is 0 Å². The molecule has 0 spiro atoms. The van der Waals surface area contributed by atoms with Crippen LogP contribution in [0.25, 0.3) is 0 Å². The highest BCUT2D eigenvalue weighted by molar-refractivity contribution is 6.60. The first-order valence-electron chi connectivity index (χ1n) is 6.47. The molecule has 2 rings (SSSR count). The molecule has 0 aliphatic carbocycles. The van der Waals surface area contributed by atoms with Crippen molar-refractivity contribution in [2.45, 2.75) is 32.7 Å². The van der Waals surface area contributed by atoms with E-state index in [1.54, 1.807) is 6.07 Å². The lowest BCUT2D eigenvalue weighted by atomic mass is 9.73.